The first kappa shape index (κ1) is 19.8. The second-order valence-electron chi connectivity index (χ2n) is 0. The van der Waals surface area contributed by atoms with E-state index in [-0.39, 0.29) is 21.9 Å². The average molecular weight is 199 g/mol. The van der Waals surface area contributed by atoms with Crippen molar-refractivity contribution in [2.24, 2.45) is 0 Å². The molecule has 0 heterocycles. The number of hydrogen-bond donors (Lipinski definition) is 0. The molecule has 0 aliphatic heterocycles. The maximum Gasteiger partial charge on any atom is -0.0149 e. The molecular weight excluding hydrogens is 191 g/mol. The van der Waals surface area contributed by atoms with Crippen LogP contribution >= 0.6 is 0 Å². The molecule has 0 unspecified atom stereocenters. The predicted octanol–water partition coefficient (Wildman–Crippen LogP) is -3.40. The minimum atomic E-state index is 0. The van der Waals surface area contributed by atoms with E-state index in [1.807, 2.05) is 0 Å². The third kappa shape index (κ3) is 11.8. The van der Waals surface area contributed by atoms with Gasteiger partial charge in [0.15, 0.2) is 0 Å². The van der Waals surface area contributed by atoms with Crippen LogP contribution in [0, 0.1) is 0 Å². The van der Waals surface area contributed by atoms with Gasteiger partial charge in [0.25, 0.3) is 0 Å². The predicted molar refractivity (Wildman–Crippen MR) is 29.1 cm³/mol. The van der Waals surface area contributed by atoms with Gasteiger partial charge in [-0.15, -0.1) is 0 Å². The summed E-state index contributed by atoms with van der Waals surface area (Å²) >= 11 is 0.300. The summed E-state index contributed by atoms with van der Waals surface area (Å²) in [6.07, 6.45) is 0. The van der Waals surface area contributed by atoms with Crippen LogP contribution in [0.1, 0.15) is 0 Å². The van der Waals surface area contributed by atoms with Crippen molar-refractivity contribution in [3.05, 3.63) is 0 Å². The first-order chi connectivity index (χ1) is 1.00. The van der Waals surface area contributed by atoms with Gasteiger partial charge in [0, 0.05) is 0 Å². The number of hydrogen-bond acceptors (Lipinski definition) is 1. The molecule has 2 radical (unpaired) electrons. The molecule has 26 valence electrons. The van der Waals surface area contributed by atoms with Crippen molar-refractivity contribution in [1.82, 2.24) is 0 Å². The van der Waals surface area contributed by atoms with E-state index in [4.69, 9.17) is 3.08 Å². The Kier molecular flexibility index (Phi) is 172. The van der Waals surface area contributed by atoms with Crippen LogP contribution in [0.25, 0.3) is 0 Å². The summed E-state index contributed by atoms with van der Waals surface area (Å²) in [6.45, 7) is 0. The van der Waals surface area contributed by atoms with Crippen LogP contribution in [0.3, 0.4) is 0 Å². The summed E-state index contributed by atoms with van der Waals surface area (Å²) in [6, 6.07) is 0. The van der Waals surface area contributed by atoms with Crippen molar-refractivity contribution in [2.45, 2.75) is 0 Å². The van der Waals surface area contributed by atoms with Gasteiger partial charge < -0.3 is 0 Å². The fourth-order valence-corrected chi connectivity index (χ4v) is 0. The SMILES string of the molecule is [O]=[Sn].[SiH4].[SiH4]. The second kappa shape index (κ2) is 34.8. The maximum atomic E-state index is 8.34. The zero-order chi connectivity index (χ0) is 2.00. The van der Waals surface area contributed by atoms with Crippen molar-refractivity contribution >= 4 is 44.4 Å². The number of rotatable bonds is 0. The Morgan fingerprint density at radius 2 is 1.00 bits per heavy atom. The van der Waals surface area contributed by atoms with Gasteiger partial charge in [0.05, 0.1) is 0 Å². The van der Waals surface area contributed by atoms with Gasteiger partial charge >= 0.3 is 25.6 Å². The molecule has 0 bridgehead atoms. The van der Waals surface area contributed by atoms with E-state index >= 15 is 0 Å². The molecule has 0 spiro atoms. The molecule has 0 aromatic heterocycles. The van der Waals surface area contributed by atoms with Crippen molar-refractivity contribution in [1.29, 1.82) is 0 Å². The zero-order valence-corrected chi connectivity index (χ0v) is 3.76. The minimum Gasteiger partial charge on any atom is -0.0149 e. The summed E-state index contributed by atoms with van der Waals surface area (Å²) in [5.41, 5.74) is 0. The fourth-order valence-electron chi connectivity index (χ4n) is 0. The molecule has 0 fully saturated rings. The first-order valence-corrected chi connectivity index (χ1v) is 1.37. The molecule has 0 rings (SSSR count). The van der Waals surface area contributed by atoms with Gasteiger partial charge in [-0.05, 0) is 21.9 Å². The van der Waals surface area contributed by atoms with Crippen molar-refractivity contribution in [3.8, 4) is 0 Å². The molecule has 0 aromatic carbocycles. The molecule has 0 saturated heterocycles. The molecule has 4 heavy (non-hydrogen) atoms. The molecule has 0 N–H and O–H groups in total. The Morgan fingerprint density at radius 3 is 1.00 bits per heavy atom. The topological polar surface area (TPSA) is 17.1 Å². The molecule has 0 aliphatic rings. The molecule has 0 aromatic rings. The zero-order valence-electron chi connectivity index (χ0n) is 0.908. The summed E-state index contributed by atoms with van der Waals surface area (Å²) in [7, 11) is 0. The molecule has 4 heteroatoms. The first-order valence-electron chi connectivity index (χ1n) is 0.204. The van der Waals surface area contributed by atoms with Gasteiger partial charge in [0.1, 0.15) is 0 Å². The van der Waals surface area contributed by atoms with E-state index in [1.54, 1.807) is 0 Å². The summed E-state index contributed by atoms with van der Waals surface area (Å²) in [4.78, 5) is 0. The fraction of sp³-hybridized carbons (Fsp3) is 0. The third-order valence-corrected chi connectivity index (χ3v) is 0. The standard InChI is InChI=1S/O.2H4Si.Sn/h;2*1H4;. The largest absolute Gasteiger partial charge is 0.0149 e. The quantitative estimate of drug-likeness (QED) is 0.371. The molecule has 0 amide bonds. The Labute approximate surface area is 47.7 Å². The van der Waals surface area contributed by atoms with E-state index in [9.17, 15) is 0 Å². The van der Waals surface area contributed by atoms with Gasteiger partial charge in [-0.3, -0.25) is 0 Å². The molecule has 1 nitrogen and oxygen atoms in total. The second-order valence-corrected chi connectivity index (χ2v) is 0. The molecule has 0 saturated carbocycles. The van der Waals surface area contributed by atoms with Crippen LogP contribution in [-0.4, -0.2) is 44.4 Å². The van der Waals surface area contributed by atoms with Crippen molar-refractivity contribution in [2.75, 3.05) is 0 Å². The van der Waals surface area contributed by atoms with Gasteiger partial charge in [-0.2, -0.15) is 0 Å². The smallest absolute Gasteiger partial charge is 0.0149 e. The Morgan fingerprint density at radius 1 is 1.00 bits per heavy atom. The van der Waals surface area contributed by atoms with E-state index in [1.165, 1.54) is 0 Å². The Bertz CT molecular complexity index is 6.00. The molecular formula is H8OSi2Sn. The van der Waals surface area contributed by atoms with E-state index in [0.717, 1.165) is 0 Å². The van der Waals surface area contributed by atoms with Crippen molar-refractivity contribution < 1.29 is 3.08 Å². The van der Waals surface area contributed by atoms with E-state index in [0.29, 0.717) is 22.5 Å². The van der Waals surface area contributed by atoms with Gasteiger partial charge in [0.2, 0.25) is 0 Å². The normalized spacial score (nSPS) is 1.00. The van der Waals surface area contributed by atoms with Gasteiger partial charge in [-0.1, -0.05) is 0 Å². The molecule has 0 atom stereocenters. The van der Waals surface area contributed by atoms with Crippen molar-refractivity contribution in [3.63, 3.8) is 0 Å². The van der Waals surface area contributed by atoms with E-state index < -0.39 is 0 Å². The average Bonchev–Trinajstić information content (AvgIpc) is 1.00. The van der Waals surface area contributed by atoms with E-state index in [2.05, 4.69) is 0 Å². The van der Waals surface area contributed by atoms with Crippen LogP contribution in [0.4, 0.5) is 0 Å². The van der Waals surface area contributed by atoms with Crippen LogP contribution in [0.5, 0.6) is 0 Å². The van der Waals surface area contributed by atoms with Crippen LogP contribution < -0.4 is 0 Å². The van der Waals surface area contributed by atoms with Crippen LogP contribution in [-0.2, 0) is 3.08 Å². The van der Waals surface area contributed by atoms with Crippen LogP contribution in [0.15, 0.2) is 0 Å². The Hall–Kier alpha value is 1.03. The summed E-state index contributed by atoms with van der Waals surface area (Å²) in [5.74, 6) is 0. The monoisotopic (exact) mass is 200 g/mol. The summed E-state index contributed by atoms with van der Waals surface area (Å²) < 4.78 is 8.34. The van der Waals surface area contributed by atoms with Crippen LogP contribution in [0.2, 0.25) is 0 Å². The maximum absolute atomic E-state index is 8.34. The van der Waals surface area contributed by atoms with Gasteiger partial charge in [-0.25, -0.2) is 0 Å². The molecule has 0 aliphatic carbocycles. The Balaban J connectivity index is -0.00000000500. The summed E-state index contributed by atoms with van der Waals surface area (Å²) in [5, 5.41) is 0. The third-order valence-electron chi connectivity index (χ3n) is 0. The minimum absolute atomic E-state index is 0.